The standard InChI is InChI=1S/C18H16ClNO2/c1-14-7-9-17(10-8-14)22-13-18(21)20-11-3-5-15-4-2-6-16(19)12-15/h2,4,6-10,12H,11,13H2,1H3,(H,20,21). The van der Waals surface area contributed by atoms with E-state index in [0.717, 1.165) is 11.1 Å². The lowest BCUT2D eigenvalue weighted by Gasteiger charge is -2.05. The molecule has 0 atom stereocenters. The van der Waals surface area contributed by atoms with Crippen molar-refractivity contribution in [1.82, 2.24) is 5.32 Å². The van der Waals surface area contributed by atoms with Gasteiger partial charge in [0.05, 0.1) is 6.54 Å². The van der Waals surface area contributed by atoms with Gasteiger partial charge in [-0.05, 0) is 37.3 Å². The molecule has 0 radical (unpaired) electrons. The number of hydrogen-bond acceptors (Lipinski definition) is 2. The highest BCUT2D eigenvalue weighted by molar-refractivity contribution is 6.30. The molecule has 2 aromatic carbocycles. The third kappa shape index (κ3) is 5.51. The smallest absolute Gasteiger partial charge is 0.258 e. The first-order chi connectivity index (χ1) is 10.6. The number of halogens is 1. The molecule has 2 aromatic rings. The summed E-state index contributed by atoms with van der Waals surface area (Å²) in [5.74, 6) is 6.26. The maximum absolute atomic E-state index is 11.6. The minimum atomic E-state index is -0.207. The summed E-state index contributed by atoms with van der Waals surface area (Å²) in [7, 11) is 0. The third-order valence-electron chi connectivity index (χ3n) is 2.82. The normalized spacial score (nSPS) is 9.55. The highest BCUT2D eigenvalue weighted by atomic mass is 35.5. The molecule has 0 aliphatic heterocycles. The summed E-state index contributed by atoms with van der Waals surface area (Å²) in [6.07, 6.45) is 0. The summed E-state index contributed by atoms with van der Waals surface area (Å²) < 4.78 is 5.38. The number of carbonyl (C=O) groups is 1. The molecule has 1 N–H and O–H groups in total. The van der Waals surface area contributed by atoms with Gasteiger partial charge in [-0.25, -0.2) is 0 Å². The van der Waals surface area contributed by atoms with Crippen molar-refractivity contribution < 1.29 is 9.53 Å². The number of benzene rings is 2. The average Bonchev–Trinajstić information content (AvgIpc) is 2.51. The summed E-state index contributed by atoms with van der Waals surface area (Å²) in [6.45, 7) is 2.24. The van der Waals surface area contributed by atoms with E-state index in [9.17, 15) is 4.79 Å². The van der Waals surface area contributed by atoms with Gasteiger partial charge in [0.15, 0.2) is 6.61 Å². The molecular weight excluding hydrogens is 298 g/mol. The molecule has 0 spiro atoms. The summed E-state index contributed by atoms with van der Waals surface area (Å²) >= 11 is 5.86. The Morgan fingerprint density at radius 1 is 1.23 bits per heavy atom. The minimum absolute atomic E-state index is 0.0259. The Bertz CT molecular complexity index is 699. The lowest BCUT2D eigenvalue weighted by atomic mass is 10.2. The second kappa shape index (κ2) is 8.11. The first kappa shape index (κ1) is 15.9. The molecule has 112 valence electrons. The van der Waals surface area contributed by atoms with E-state index in [-0.39, 0.29) is 19.1 Å². The zero-order valence-corrected chi connectivity index (χ0v) is 13.0. The van der Waals surface area contributed by atoms with Crippen molar-refractivity contribution in [2.24, 2.45) is 0 Å². The van der Waals surface area contributed by atoms with Crippen molar-refractivity contribution in [2.45, 2.75) is 6.92 Å². The molecule has 22 heavy (non-hydrogen) atoms. The predicted molar refractivity (Wildman–Crippen MR) is 88.0 cm³/mol. The molecule has 0 bridgehead atoms. The van der Waals surface area contributed by atoms with Crippen molar-refractivity contribution in [1.29, 1.82) is 0 Å². The number of amides is 1. The van der Waals surface area contributed by atoms with Crippen LogP contribution in [0.25, 0.3) is 0 Å². The molecule has 1 amide bonds. The lowest BCUT2D eigenvalue weighted by Crippen LogP contribution is -2.29. The van der Waals surface area contributed by atoms with Crippen LogP contribution in [0, 0.1) is 18.8 Å². The van der Waals surface area contributed by atoms with Crippen LogP contribution in [0.2, 0.25) is 5.02 Å². The monoisotopic (exact) mass is 313 g/mol. The van der Waals surface area contributed by atoms with Gasteiger partial charge in [-0.2, -0.15) is 0 Å². The van der Waals surface area contributed by atoms with Crippen LogP contribution >= 0.6 is 11.6 Å². The summed E-state index contributed by atoms with van der Waals surface area (Å²) in [5, 5.41) is 3.32. The Morgan fingerprint density at radius 2 is 2.00 bits per heavy atom. The van der Waals surface area contributed by atoms with Crippen molar-refractivity contribution >= 4 is 17.5 Å². The van der Waals surface area contributed by atoms with Gasteiger partial charge in [0.25, 0.3) is 5.91 Å². The Hall–Kier alpha value is -2.44. The zero-order valence-electron chi connectivity index (χ0n) is 12.2. The highest BCUT2D eigenvalue weighted by Gasteiger charge is 2.00. The van der Waals surface area contributed by atoms with Gasteiger partial charge >= 0.3 is 0 Å². The molecule has 0 heterocycles. The van der Waals surface area contributed by atoms with E-state index in [1.165, 1.54) is 0 Å². The number of aryl methyl sites for hydroxylation is 1. The second-order valence-corrected chi connectivity index (χ2v) is 5.13. The van der Waals surface area contributed by atoms with Gasteiger partial charge in [0.1, 0.15) is 5.75 Å². The fourth-order valence-corrected chi connectivity index (χ4v) is 1.88. The van der Waals surface area contributed by atoms with Crippen LogP contribution in [0.1, 0.15) is 11.1 Å². The van der Waals surface area contributed by atoms with Crippen molar-refractivity contribution in [2.75, 3.05) is 13.2 Å². The molecule has 0 saturated carbocycles. The fourth-order valence-electron chi connectivity index (χ4n) is 1.69. The van der Waals surface area contributed by atoms with Crippen LogP contribution < -0.4 is 10.1 Å². The maximum atomic E-state index is 11.6. The van der Waals surface area contributed by atoms with Gasteiger partial charge in [-0.1, -0.05) is 47.2 Å². The van der Waals surface area contributed by atoms with E-state index in [1.54, 1.807) is 12.1 Å². The van der Waals surface area contributed by atoms with Crippen LogP contribution in [-0.2, 0) is 4.79 Å². The largest absolute Gasteiger partial charge is 0.484 e. The summed E-state index contributed by atoms with van der Waals surface area (Å²) in [6, 6.07) is 14.8. The van der Waals surface area contributed by atoms with Crippen LogP contribution in [0.3, 0.4) is 0 Å². The first-order valence-electron chi connectivity index (χ1n) is 6.84. The Morgan fingerprint density at radius 3 is 2.73 bits per heavy atom. The Balaban J connectivity index is 1.73. The Kier molecular flexibility index (Phi) is 5.88. The lowest BCUT2D eigenvalue weighted by molar-refractivity contribution is -0.122. The van der Waals surface area contributed by atoms with Crippen LogP contribution in [0.15, 0.2) is 48.5 Å². The van der Waals surface area contributed by atoms with E-state index in [2.05, 4.69) is 17.2 Å². The maximum Gasteiger partial charge on any atom is 0.258 e. The van der Waals surface area contributed by atoms with E-state index in [4.69, 9.17) is 16.3 Å². The van der Waals surface area contributed by atoms with Gasteiger partial charge < -0.3 is 10.1 Å². The van der Waals surface area contributed by atoms with Crippen molar-refractivity contribution in [3.63, 3.8) is 0 Å². The van der Waals surface area contributed by atoms with E-state index < -0.39 is 0 Å². The SMILES string of the molecule is Cc1ccc(OCC(=O)NCC#Cc2cccc(Cl)c2)cc1. The summed E-state index contributed by atoms with van der Waals surface area (Å²) in [4.78, 5) is 11.6. The fraction of sp³-hybridized carbons (Fsp3) is 0.167. The van der Waals surface area contributed by atoms with Crippen molar-refractivity contribution in [3.05, 3.63) is 64.7 Å². The molecular formula is C18H16ClNO2. The minimum Gasteiger partial charge on any atom is -0.484 e. The molecule has 0 saturated heterocycles. The number of ether oxygens (including phenoxy) is 1. The van der Waals surface area contributed by atoms with Crippen LogP contribution in [-0.4, -0.2) is 19.1 Å². The predicted octanol–water partition coefficient (Wildman–Crippen LogP) is 3.20. The van der Waals surface area contributed by atoms with Gasteiger partial charge in [0.2, 0.25) is 0 Å². The molecule has 0 aromatic heterocycles. The number of carbonyl (C=O) groups excluding carboxylic acids is 1. The van der Waals surface area contributed by atoms with Gasteiger partial charge in [0, 0.05) is 10.6 Å². The highest BCUT2D eigenvalue weighted by Crippen LogP contribution is 2.11. The van der Waals surface area contributed by atoms with Gasteiger partial charge in [-0.3, -0.25) is 4.79 Å². The topological polar surface area (TPSA) is 38.3 Å². The average molecular weight is 314 g/mol. The molecule has 2 rings (SSSR count). The van der Waals surface area contributed by atoms with E-state index in [1.807, 2.05) is 43.3 Å². The summed E-state index contributed by atoms with van der Waals surface area (Å²) in [5.41, 5.74) is 1.96. The Labute approximate surface area is 135 Å². The first-order valence-corrected chi connectivity index (χ1v) is 7.22. The zero-order chi connectivity index (χ0) is 15.8. The number of hydrogen-bond donors (Lipinski definition) is 1. The third-order valence-corrected chi connectivity index (χ3v) is 3.06. The number of nitrogens with one attached hydrogen (secondary N) is 1. The second-order valence-electron chi connectivity index (χ2n) is 4.69. The van der Waals surface area contributed by atoms with Crippen LogP contribution in [0.5, 0.6) is 5.75 Å². The molecule has 0 unspecified atom stereocenters. The van der Waals surface area contributed by atoms with E-state index >= 15 is 0 Å². The molecule has 0 fully saturated rings. The molecule has 0 aliphatic carbocycles. The van der Waals surface area contributed by atoms with E-state index in [0.29, 0.717) is 10.8 Å². The molecule has 4 heteroatoms. The van der Waals surface area contributed by atoms with Crippen LogP contribution in [0.4, 0.5) is 0 Å². The van der Waals surface area contributed by atoms with Crippen molar-refractivity contribution in [3.8, 4) is 17.6 Å². The number of rotatable bonds is 4. The molecule has 0 aliphatic rings. The van der Waals surface area contributed by atoms with Gasteiger partial charge in [-0.15, -0.1) is 0 Å². The molecule has 3 nitrogen and oxygen atoms in total. The quantitative estimate of drug-likeness (QED) is 0.880.